The van der Waals surface area contributed by atoms with Crippen molar-refractivity contribution in [3.8, 4) is 11.4 Å². The Bertz CT molecular complexity index is 659. The van der Waals surface area contributed by atoms with Gasteiger partial charge >= 0.3 is 0 Å². The summed E-state index contributed by atoms with van der Waals surface area (Å²) in [6.07, 6.45) is 4.42. The molecule has 1 atom stereocenters. The SMILES string of the molecule is COCCC1(C)CN(c2nccc(-c3ccnn3C)n2)CCO1. The van der Waals surface area contributed by atoms with Crippen LogP contribution in [0.3, 0.4) is 0 Å². The van der Waals surface area contributed by atoms with Crippen LogP contribution >= 0.6 is 0 Å². The largest absolute Gasteiger partial charge is 0.385 e. The van der Waals surface area contributed by atoms with E-state index in [1.165, 1.54) is 0 Å². The van der Waals surface area contributed by atoms with Crippen LogP contribution in [0, 0.1) is 0 Å². The first-order valence-corrected chi connectivity index (χ1v) is 7.80. The summed E-state index contributed by atoms with van der Waals surface area (Å²) in [5, 5.41) is 4.20. The summed E-state index contributed by atoms with van der Waals surface area (Å²) in [5.41, 5.74) is 1.62. The monoisotopic (exact) mass is 317 g/mol. The number of aryl methyl sites for hydroxylation is 1. The molecular formula is C16H23N5O2. The van der Waals surface area contributed by atoms with Crippen LogP contribution in [0.15, 0.2) is 24.5 Å². The third-order valence-corrected chi connectivity index (χ3v) is 4.18. The molecule has 1 aliphatic heterocycles. The summed E-state index contributed by atoms with van der Waals surface area (Å²) >= 11 is 0. The Balaban J connectivity index is 1.80. The molecule has 2 aromatic heterocycles. The zero-order valence-electron chi connectivity index (χ0n) is 13.9. The fourth-order valence-corrected chi connectivity index (χ4v) is 2.84. The fraction of sp³-hybridized carbons (Fsp3) is 0.562. The maximum absolute atomic E-state index is 5.95. The molecule has 7 nitrogen and oxygen atoms in total. The van der Waals surface area contributed by atoms with Gasteiger partial charge in [-0.3, -0.25) is 4.68 Å². The standard InChI is InChI=1S/C16H23N5O2/c1-16(6-10-22-3)12-21(9-11-23-16)15-17-7-4-13(19-15)14-5-8-18-20(14)2/h4-5,7-8H,6,9-12H2,1-3H3. The van der Waals surface area contributed by atoms with Gasteiger partial charge in [-0.15, -0.1) is 0 Å². The van der Waals surface area contributed by atoms with E-state index in [0.717, 1.165) is 36.8 Å². The van der Waals surface area contributed by atoms with E-state index in [4.69, 9.17) is 14.5 Å². The first kappa shape index (κ1) is 15.9. The molecule has 7 heteroatoms. The molecule has 3 rings (SSSR count). The second kappa shape index (κ2) is 6.64. The van der Waals surface area contributed by atoms with E-state index < -0.39 is 0 Å². The van der Waals surface area contributed by atoms with Crippen molar-refractivity contribution >= 4 is 5.95 Å². The average Bonchev–Trinajstić information content (AvgIpc) is 2.99. The molecule has 0 aliphatic carbocycles. The molecule has 0 spiro atoms. The Labute approximate surface area is 136 Å². The van der Waals surface area contributed by atoms with E-state index in [9.17, 15) is 0 Å². The zero-order chi connectivity index (χ0) is 16.3. The van der Waals surface area contributed by atoms with Gasteiger partial charge in [0.2, 0.25) is 5.95 Å². The molecule has 0 N–H and O–H groups in total. The van der Waals surface area contributed by atoms with Crippen molar-refractivity contribution < 1.29 is 9.47 Å². The van der Waals surface area contributed by atoms with Gasteiger partial charge in [-0.25, -0.2) is 9.97 Å². The summed E-state index contributed by atoms with van der Waals surface area (Å²) in [4.78, 5) is 11.3. The average molecular weight is 317 g/mol. The summed E-state index contributed by atoms with van der Waals surface area (Å²) < 4.78 is 13.0. The first-order valence-electron chi connectivity index (χ1n) is 7.80. The maximum Gasteiger partial charge on any atom is 0.226 e. The lowest BCUT2D eigenvalue weighted by Crippen LogP contribution is -2.51. The van der Waals surface area contributed by atoms with E-state index in [1.54, 1.807) is 19.5 Å². The van der Waals surface area contributed by atoms with Gasteiger partial charge in [0.05, 0.1) is 23.6 Å². The summed E-state index contributed by atoms with van der Waals surface area (Å²) in [6.45, 7) is 5.01. The van der Waals surface area contributed by atoms with E-state index in [-0.39, 0.29) is 5.60 Å². The highest BCUT2D eigenvalue weighted by molar-refractivity contribution is 5.55. The topological polar surface area (TPSA) is 65.3 Å². The van der Waals surface area contributed by atoms with Crippen LogP contribution in [0.1, 0.15) is 13.3 Å². The molecule has 0 aromatic carbocycles. The van der Waals surface area contributed by atoms with Crippen molar-refractivity contribution in [2.45, 2.75) is 18.9 Å². The fourth-order valence-electron chi connectivity index (χ4n) is 2.84. The second-order valence-corrected chi connectivity index (χ2v) is 6.04. The molecule has 0 amide bonds. The number of aromatic nitrogens is 4. The van der Waals surface area contributed by atoms with Gasteiger partial charge in [0, 0.05) is 52.7 Å². The van der Waals surface area contributed by atoms with Gasteiger partial charge < -0.3 is 14.4 Å². The number of morpholine rings is 1. The number of hydrogen-bond acceptors (Lipinski definition) is 6. The van der Waals surface area contributed by atoms with Crippen LogP contribution in [-0.2, 0) is 16.5 Å². The number of anilines is 1. The van der Waals surface area contributed by atoms with Crippen molar-refractivity contribution in [1.82, 2.24) is 19.7 Å². The highest BCUT2D eigenvalue weighted by atomic mass is 16.5. The molecule has 0 bridgehead atoms. The maximum atomic E-state index is 5.95. The second-order valence-electron chi connectivity index (χ2n) is 6.04. The molecule has 124 valence electrons. The molecule has 23 heavy (non-hydrogen) atoms. The predicted molar refractivity (Wildman–Crippen MR) is 87.3 cm³/mol. The Hall–Kier alpha value is -1.99. The van der Waals surface area contributed by atoms with E-state index in [1.807, 2.05) is 23.9 Å². The quantitative estimate of drug-likeness (QED) is 0.833. The third-order valence-electron chi connectivity index (χ3n) is 4.18. The lowest BCUT2D eigenvalue weighted by Gasteiger charge is -2.40. The van der Waals surface area contributed by atoms with Gasteiger partial charge in [0.15, 0.2) is 0 Å². The van der Waals surface area contributed by atoms with Crippen LogP contribution < -0.4 is 4.90 Å². The highest BCUT2D eigenvalue weighted by Gasteiger charge is 2.33. The van der Waals surface area contributed by atoms with E-state index >= 15 is 0 Å². The van der Waals surface area contributed by atoms with Crippen LogP contribution in [0.4, 0.5) is 5.95 Å². The number of hydrogen-bond donors (Lipinski definition) is 0. The smallest absolute Gasteiger partial charge is 0.226 e. The molecule has 1 unspecified atom stereocenters. The zero-order valence-corrected chi connectivity index (χ0v) is 13.9. The summed E-state index contributed by atoms with van der Waals surface area (Å²) in [7, 11) is 3.62. The van der Waals surface area contributed by atoms with Crippen molar-refractivity contribution in [3.63, 3.8) is 0 Å². The minimum atomic E-state index is -0.236. The van der Waals surface area contributed by atoms with Crippen LogP contribution in [0.25, 0.3) is 11.4 Å². The number of rotatable bonds is 5. The Morgan fingerprint density at radius 1 is 1.35 bits per heavy atom. The number of methoxy groups -OCH3 is 1. The van der Waals surface area contributed by atoms with Crippen LogP contribution in [-0.4, -0.2) is 58.8 Å². The number of nitrogens with zero attached hydrogens (tertiary/aromatic N) is 5. The van der Waals surface area contributed by atoms with Gasteiger partial charge in [-0.05, 0) is 19.1 Å². The molecular weight excluding hydrogens is 294 g/mol. The van der Waals surface area contributed by atoms with Gasteiger partial charge in [-0.2, -0.15) is 5.10 Å². The number of ether oxygens (including phenoxy) is 2. The van der Waals surface area contributed by atoms with Gasteiger partial charge in [0.1, 0.15) is 0 Å². The Morgan fingerprint density at radius 2 is 2.22 bits per heavy atom. The lowest BCUT2D eigenvalue weighted by molar-refractivity contribution is -0.0588. The Morgan fingerprint density at radius 3 is 2.96 bits per heavy atom. The van der Waals surface area contributed by atoms with Crippen molar-refractivity contribution in [1.29, 1.82) is 0 Å². The molecule has 2 aromatic rings. The normalized spacial score (nSPS) is 21.6. The lowest BCUT2D eigenvalue weighted by atomic mass is 10.0. The summed E-state index contributed by atoms with van der Waals surface area (Å²) in [5.74, 6) is 0.732. The van der Waals surface area contributed by atoms with E-state index in [2.05, 4.69) is 21.9 Å². The van der Waals surface area contributed by atoms with Gasteiger partial charge in [-0.1, -0.05) is 0 Å². The minimum absolute atomic E-state index is 0.236. The van der Waals surface area contributed by atoms with Crippen molar-refractivity contribution in [2.75, 3.05) is 38.3 Å². The molecule has 0 saturated carbocycles. The van der Waals surface area contributed by atoms with Crippen molar-refractivity contribution in [2.24, 2.45) is 7.05 Å². The molecule has 3 heterocycles. The molecule has 1 fully saturated rings. The predicted octanol–water partition coefficient (Wildman–Crippen LogP) is 1.51. The van der Waals surface area contributed by atoms with Crippen LogP contribution in [0.5, 0.6) is 0 Å². The third kappa shape index (κ3) is 3.51. The Kier molecular flexibility index (Phi) is 4.58. The van der Waals surface area contributed by atoms with Crippen LogP contribution in [0.2, 0.25) is 0 Å². The van der Waals surface area contributed by atoms with E-state index in [0.29, 0.717) is 13.2 Å². The molecule has 1 aliphatic rings. The highest BCUT2D eigenvalue weighted by Crippen LogP contribution is 2.25. The first-order chi connectivity index (χ1) is 11.1. The molecule has 1 saturated heterocycles. The molecule has 0 radical (unpaired) electrons. The minimum Gasteiger partial charge on any atom is -0.385 e. The van der Waals surface area contributed by atoms with Gasteiger partial charge in [0.25, 0.3) is 0 Å². The summed E-state index contributed by atoms with van der Waals surface area (Å²) in [6, 6.07) is 3.86. The van der Waals surface area contributed by atoms with Crippen molar-refractivity contribution in [3.05, 3.63) is 24.5 Å².